The lowest BCUT2D eigenvalue weighted by atomic mass is 10.1. The van der Waals surface area contributed by atoms with Crippen LogP contribution < -0.4 is 15.4 Å². The van der Waals surface area contributed by atoms with Crippen LogP contribution in [0.1, 0.15) is 11.1 Å². The van der Waals surface area contributed by atoms with Crippen molar-refractivity contribution in [3.63, 3.8) is 0 Å². The van der Waals surface area contributed by atoms with Crippen molar-refractivity contribution in [1.82, 2.24) is 0 Å². The van der Waals surface area contributed by atoms with Gasteiger partial charge in [0.2, 0.25) is 0 Å². The number of carbonyl (C=O) groups is 1. The number of hydrogen-bond acceptors (Lipinski definition) is 3. The van der Waals surface area contributed by atoms with Crippen molar-refractivity contribution < 1.29 is 13.9 Å². The third kappa shape index (κ3) is 3.40. The first kappa shape index (κ1) is 16.8. The molecule has 0 saturated heterocycles. The molecule has 0 aliphatic carbocycles. The van der Waals surface area contributed by atoms with Crippen LogP contribution in [-0.2, 0) is 11.3 Å². The number of fused-ring (bicyclic) bond motifs is 1. The first-order valence-corrected chi connectivity index (χ1v) is 8.51. The molecule has 0 aromatic heterocycles. The molecule has 4 nitrogen and oxygen atoms in total. The minimum Gasteiger partial charge on any atom is -0.449 e. The van der Waals surface area contributed by atoms with Crippen molar-refractivity contribution in [2.75, 3.05) is 10.6 Å². The summed E-state index contributed by atoms with van der Waals surface area (Å²) in [7, 11) is 0. The molecule has 0 fully saturated rings. The summed E-state index contributed by atoms with van der Waals surface area (Å²) < 4.78 is 20.0. The molecule has 3 aromatic carbocycles. The topological polar surface area (TPSA) is 55.6 Å². The number of amides is 1. The lowest BCUT2D eigenvalue weighted by Crippen LogP contribution is -2.37. The molecule has 0 radical (unpaired) electrons. The molecule has 4 rings (SSSR count). The van der Waals surface area contributed by atoms with E-state index in [1.807, 2.05) is 30.3 Å². The maximum absolute atomic E-state index is 14.2. The predicted octanol–water partition coefficient (Wildman–Crippen LogP) is 4.37. The standard InChI is InChI=1S/C22H17FN2O2/c23-18-9-5-4-8-16(18)14-25-19-13-17(24)10-11-20(19)27-21(22(25)26)12-15-6-2-1-3-7-15/h1-13H,14,24H2/b21-12+. The largest absolute Gasteiger partial charge is 0.449 e. The van der Waals surface area contributed by atoms with Gasteiger partial charge < -0.3 is 10.5 Å². The molecule has 0 saturated carbocycles. The van der Waals surface area contributed by atoms with Gasteiger partial charge in [-0.25, -0.2) is 4.39 Å². The SMILES string of the molecule is Nc1ccc2c(c1)N(Cc1ccccc1F)C(=O)/C(=C\c1ccccc1)O2. The fraction of sp³-hybridized carbons (Fsp3) is 0.0455. The molecule has 134 valence electrons. The van der Waals surface area contributed by atoms with Crippen LogP contribution in [0.2, 0.25) is 0 Å². The zero-order valence-electron chi connectivity index (χ0n) is 14.4. The van der Waals surface area contributed by atoms with Crippen LogP contribution in [0.5, 0.6) is 5.75 Å². The normalized spacial score (nSPS) is 14.8. The number of ether oxygens (including phenoxy) is 1. The fourth-order valence-corrected chi connectivity index (χ4v) is 2.98. The molecule has 1 amide bonds. The van der Waals surface area contributed by atoms with E-state index < -0.39 is 0 Å². The molecule has 2 N–H and O–H groups in total. The Hall–Kier alpha value is -3.60. The van der Waals surface area contributed by atoms with Crippen molar-refractivity contribution in [3.05, 3.63) is 95.5 Å². The Morgan fingerprint density at radius 3 is 2.52 bits per heavy atom. The van der Waals surface area contributed by atoms with Crippen LogP contribution in [0, 0.1) is 5.82 Å². The number of halogens is 1. The highest BCUT2D eigenvalue weighted by molar-refractivity contribution is 6.10. The van der Waals surface area contributed by atoms with Gasteiger partial charge in [-0.1, -0.05) is 48.5 Å². The first-order valence-electron chi connectivity index (χ1n) is 8.51. The zero-order chi connectivity index (χ0) is 18.8. The van der Waals surface area contributed by atoms with Crippen LogP contribution in [0.3, 0.4) is 0 Å². The van der Waals surface area contributed by atoms with Gasteiger partial charge in [0, 0.05) is 11.3 Å². The van der Waals surface area contributed by atoms with E-state index in [-0.39, 0.29) is 24.0 Å². The number of benzene rings is 3. The molecule has 1 heterocycles. The van der Waals surface area contributed by atoms with E-state index in [0.29, 0.717) is 22.7 Å². The molecule has 0 spiro atoms. The molecule has 0 unspecified atom stereocenters. The molecule has 0 bridgehead atoms. The van der Waals surface area contributed by atoms with Crippen LogP contribution in [0.25, 0.3) is 6.08 Å². The number of nitrogen functional groups attached to an aromatic ring is 1. The average molecular weight is 360 g/mol. The second-order valence-electron chi connectivity index (χ2n) is 6.23. The Labute approximate surface area is 156 Å². The van der Waals surface area contributed by atoms with Crippen molar-refractivity contribution in [2.45, 2.75) is 6.54 Å². The minimum atomic E-state index is -0.365. The zero-order valence-corrected chi connectivity index (χ0v) is 14.4. The van der Waals surface area contributed by atoms with Crippen LogP contribution in [-0.4, -0.2) is 5.91 Å². The van der Waals surface area contributed by atoms with Crippen molar-refractivity contribution in [2.24, 2.45) is 0 Å². The Morgan fingerprint density at radius 2 is 1.74 bits per heavy atom. The smallest absolute Gasteiger partial charge is 0.294 e. The highest BCUT2D eigenvalue weighted by Crippen LogP contribution is 2.38. The van der Waals surface area contributed by atoms with E-state index in [4.69, 9.17) is 10.5 Å². The molecule has 0 atom stereocenters. The van der Waals surface area contributed by atoms with E-state index in [0.717, 1.165) is 5.56 Å². The van der Waals surface area contributed by atoms with Crippen molar-refractivity contribution >= 4 is 23.4 Å². The maximum Gasteiger partial charge on any atom is 0.294 e. The first-order chi connectivity index (χ1) is 13.1. The van der Waals surface area contributed by atoms with E-state index in [2.05, 4.69) is 0 Å². The van der Waals surface area contributed by atoms with Crippen LogP contribution in [0.15, 0.2) is 78.6 Å². The van der Waals surface area contributed by atoms with E-state index >= 15 is 0 Å². The third-order valence-corrected chi connectivity index (χ3v) is 4.33. The van der Waals surface area contributed by atoms with Crippen molar-refractivity contribution in [1.29, 1.82) is 0 Å². The highest BCUT2D eigenvalue weighted by atomic mass is 19.1. The van der Waals surface area contributed by atoms with E-state index in [1.54, 1.807) is 42.5 Å². The van der Waals surface area contributed by atoms with Gasteiger partial charge in [-0.2, -0.15) is 0 Å². The summed E-state index contributed by atoms with van der Waals surface area (Å²) in [5.74, 6) is -0.0341. The van der Waals surface area contributed by atoms with Gasteiger partial charge in [-0.15, -0.1) is 0 Å². The monoisotopic (exact) mass is 360 g/mol. The minimum absolute atomic E-state index is 0.0808. The summed E-state index contributed by atoms with van der Waals surface area (Å²) in [6.45, 7) is 0.0808. The quantitative estimate of drug-likeness (QED) is 0.557. The third-order valence-electron chi connectivity index (χ3n) is 4.33. The Kier molecular flexibility index (Phi) is 4.34. The number of nitrogens with zero attached hydrogens (tertiary/aromatic N) is 1. The Balaban J connectivity index is 1.78. The molecular weight excluding hydrogens is 343 g/mol. The Morgan fingerprint density at radius 1 is 1.00 bits per heavy atom. The summed E-state index contributed by atoms with van der Waals surface area (Å²) in [5.41, 5.74) is 8.17. The molecule has 3 aromatic rings. The van der Waals surface area contributed by atoms with Gasteiger partial charge in [-0.3, -0.25) is 9.69 Å². The predicted molar refractivity (Wildman–Crippen MR) is 103 cm³/mol. The van der Waals surface area contributed by atoms with Gasteiger partial charge in [0.1, 0.15) is 5.82 Å². The number of rotatable bonds is 3. The summed E-state index contributed by atoms with van der Waals surface area (Å²) in [6.07, 6.45) is 1.68. The fourth-order valence-electron chi connectivity index (χ4n) is 2.98. The van der Waals surface area contributed by atoms with Crippen LogP contribution in [0.4, 0.5) is 15.8 Å². The molecule has 5 heteroatoms. The number of anilines is 2. The van der Waals surface area contributed by atoms with E-state index in [9.17, 15) is 9.18 Å². The number of hydrogen-bond donors (Lipinski definition) is 1. The lowest BCUT2D eigenvalue weighted by molar-refractivity contribution is -0.117. The summed E-state index contributed by atoms with van der Waals surface area (Å²) in [5, 5.41) is 0. The van der Waals surface area contributed by atoms with E-state index in [1.165, 1.54) is 11.0 Å². The summed E-state index contributed by atoms with van der Waals surface area (Å²) in [6, 6.07) is 20.9. The van der Waals surface area contributed by atoms with Gasteiger partial charge in [0.25, 0.3) is 5.91 Å². The van der Waals surface area contributed by atoms with Crippen molar-refractivity contribution in [3.8, 4) is 5.75 Å². The summed E-state index contributed by atoms with van der Waals surface area (Å²) >= 11 is 0. The van der Waals surface area contributed by atoms with Crippen LogP contribution >= 0.6 is 0 Å². The second kappa shape index (κ2) is 6.96. The highest BCUT2D eigenvalue weighted by Gasteiger charge is 2.31. The number of nitrogens with two attached hydrogens (primary N) is 1. The second-order valence-corrected chi connectivity index (χ2v) is 6.23. The number of carbonyl (C=O) groups excluding carboxylic acids is 1. The van der Waals surface area contributed by atoms with Gasteiger partial charge >= 0.3 is 0 Å². The molecule has 27 heavy (non-hydrogen) atoms. The molecule has 1 aliphatic rings. The lowest BCUT2D eigenvalue weighted by Gasteiger charge is -2.31. The average Bonchev–Trinajstić information content (AvgIpc) is 2.68. The molecule has 1 aliphatic heterocycles. The molecular formula is C22H17FN2O2. The van der Waals surface area contributed by atoms with Gasteiger partial charge in [0.15, 0.2) is 11.5 Å². The summed E-state index contributed by atoms with van der Waals surface area (Å²) in [4.78, 5) is 14.6. The van der Waals surface area contributed by atoms with Gasteiger partial charge in [-0.05, 0) is 35.9 Å². The van der Waals surface area contributed by atoms with Gasteiger partial charge in [0.05, 0.1) is 12.2 Å². The maximum atomic E-state index is 14.2. The Bertz CT molecular complexity index is 1030.